The second kappa shape index (κ2) is 5.48. The van der Waals surface area contributed by atoms with E-state index in [0.29, 0.717) is 11.3 Å². The molecular formula is C14H10BrN3OSe. The van der Waals surface area contributed by atoms with E-state index >= 15 is 0 Å². The molecule has 1 N–H and O–H groups in total. The first-order valence-corrected chi connectivity index (χ1v) is 8.26. The van der Waals surface area contributed by atoms with Gasteiger partial charge < -0.3 is 0 Å². The molecule has 1 aliphatic rings. The number of aryl methyl sites for hydroxylation is 1. The molecule has 0 atom stereocenters. The van der Waals surface area contributed by atoms with Gasteiger partial charge in [-0.05, 0) is 0 Å². The van der Waals surface area contributed by atoms with E-state index < -0.39 is 0 Å². The van der Waals surface area contributed by atoms with Crippen molar-refractivity contribution in [2.24, 2.45) is 7.92 Å². The van der Waals surface area contributed by atoms with Crippen LogP contribution in [0.4, 0.5) is 17.1 Å². The van der Waals surface area contributed by atoms with Crippen LogP contribution in [0.3, 0.4) is 0 Å². The van der Waals surface area contributed by atoms with Crippen LogP contribution in [0.2, 0.25) is 0 Å². The van der Waals surface area contributed by atoms with Crippen LogP contribution in [-0.2, 0) is 0 Å². The molecule has 4 nitrogen and oxygen atoms in total. The van der Waals surface area contributed by atoms with Crippen molar-refractivity contribution in [3.8, 4) is 0 Å². The van der Waals surface area contributed by atoms with Gasteiger partial charge in [0.1, 0.15) is 0 Å². The van der Waals surface area contributed by atoms with Crippen molar-refractivity contribution in [3.63, 3.8) is 0 Å². The molecular weight excluding hydrogens is 385 g/mol. The van der Waals surface area contributed by atoms with Crippen molar-refractivity contribution in [2.75, 3.05) is 5.32 Å². The van der Waals surface area contributed by atoms with Crippen LogP contribution in [0, 0.1) is 6.92 Å². The molecule has 0 radical (unpaired) electrons. The van der Waals surface area contributed by atoms with E-state index in [4.69, 9.17) is 0 Å². The summed E-state index contributed by atoms with van der Waals surface area (Å²) in [6, 6.07) is 11.3. The van der Waals surface area contributed by atoms with E-state index in [-0.39, 0.29) is 20.5 Å². The molecule has 0 spiro atoms. The number of fused-ring (bicyclic) bond motifs is 1. The Morgan fingerprint density at radius 1 is 1.25 bits per heavy atom. The van der Waals surface area contributed by atoms with Gasteiger partial charge in [0.05, 0.1) is 0 Å². The van der Waals surface area contributed by atoms with Crippen molar-refractivity contribution in [1.29, 1.82) is 0 Å². The number of benzene rings is 2. The van der Waals surface area contributed by atoms with Crippen molar-refractivity contribution in [3.05, 3.63) is 52.0 Å². The van der Waals surface area contributed by atoms with Gasteiger partial charge in [-0.2, -0.15) is 0 Å². The van der Waals surface area contributed by atoms with Crippen molar-refractivity contribution < 1.29 is 4.79 Å². The Balaban J connectivity index is 1.91. The maximum atomic E-state index is 12.3. The fourth-order valence-corrected chi connectivity index (χ4v) is 3.73. The van der Waals surface area contributed by atoms with Crippen molar-refractivity contribution in [2.45, 2.75) is 6.92 Å². The molecule has 1 amide bonds. The Bertz CT molecular complexity index is 782. The van der Waals surface area contributed by atoms with Gasteiger partial charge in [0, 0.05) is 0 Å². The SMILES string of the molecule is Cc1ccc(C(=O)Nc2cccc3c2N=[Se]=N3)c(Br)c1. The topological polar surface area (TPSA) is 53.8 Å². The maximum absolute atomic E-state index is 12.3. The number of anilines is 1. The first kappa shape index (κ1) is 13.5. The van der Waals surface area contributed by atoms with Gasteiger partial charge in [0.2, 0.25) is 0 Å². The van der Waals surface area contributed by atoms with Gasteiger partial charge in [0.15, 0.2) is 0 Å². The molecule has 0 fully saturated rings. The molecule has 1 aliphatic heterocycles. The van der Waals surface area contributed by atoms with E-state index in [1.54, 1.807) is 0 Å². The number of rotatable bonds is 2. The number of amides is 1. The number of carbonyl (C=O) groups is 1. The molecule has 100 valence electrons. The van der Waals surface area contributed by atoms with Gasteiger partial charge in [-0.1, -0.05) is 0 Å². The number of nitrogens with zero attached hydrogens (tertiary/aromatic N) is 2. The monoisotopic (exact) mass is 395 g/mol. The fourth-order valence-electron chi connectivity index (χ4n) is 1.90. The summed E-state index contributed by atoms with van der Waals surface area (Å²) in [5.41, 5.74) is 4.05. The van der Waals surface area contributed by atoms with Crippen LogP contribution in [0.5, 0.6) is 0 Å². The van der Waals surface area contributed by atoms with E-state index in [1.807, 2.05) is 43.3 Å². The van der Waals surface area contributed by atoms with E-state index in [1.165, 1.54) is 0 Å². The molecule has 0 unspecified atom stereocenters. The molecule has 20 heavy (non-hydrogen) atoms. The van der Waals surface area contributed by atoms with Crippen LogP contribution in [0.15, 0.2) is 48.8 Å². The second-order valence-corrected chi connectivity index (χ2v) is 6.34. The molecule has 0 saturated heterocycles. The Hall–Kier alpha value is -1.49. The molecule has 0 aliphatic carbocycles. The van der Waals surface area contributed by atoms with E-state index in [9.17, 15) is 4.79 Å². The minimum atomic E-state index is -0.153. The van der Waals surface area contributed by atoms with Gasteiger partial charge in [-0.15, -0.1) is 0 Å². The Morgan fingerprint density at radius 2 is 2.10 bits per heavy atom. The Labute approximate surface area is 130 Å². The summed E-state index contributed by atoms with van der Waals surface area (Å²) >= 11 is 3.32. The van der Waals surface area contributed by atoms with Gasteiger partial charge in [0.25, 0.3) is 0 Å². The zero-order chi connectivity index (χ0) is 14.1. The quantitative estimate of drug-likeness (QED) is 0.645. The first-order chi connectivity index (χ1) is 9.65. The summed E-state index contributed by atoms with van der Waals surface area (Å²) < 4.78 is 9.44. The summed E-state index contributed by atoms with van der Waals surface area (Å²) in [6.45, 7) is 1.99. The van der Waals surface area contributed by atoms with Crippen molar-refractivity contribution >= 4 is 53.5 Å². The van der Waals surface area contributed by atoms with E-state index in [2.05, 4.69) is 29.2 Å². The van der Waals surface area contributed by atoms with Crippen LogP contribution in [0.25, 0.3) is 0 Å². The number of hydrogen-bond acceptors (Lipinski definition) is 3. The van der Waals surface area contributed by atoms with Crippen LogP contribution < -0.4 is 5.32 Å². The number of nitrogens with one attached hydrogen (secondary N) is 1. The number of hydrogen-bond donors (Lipinski definition) is 1. The first-order valence-electron chi connectivity index (χ1n) is 5.94. The molecule has 3 rings (SSSR count). The summed E-state index contributed by atoms with van der Waals surface area (Å²) in [5, 5.41) is 2.91. The van der Waals surface area contributed by atoms with Gasteiger partial charge >= 0.3 is 130 Å². The zero-order valence-electron chi connectivity index (χ0n) is 10.6. The average Bonchev–Trinajstić information content (AvgIpc) is 2.87. The molecule has 1 heterocycles. The Morgan fingerprint density at radius 3 is 2.90 bits per heavy atom. The normalized spacial score (nSPS) is 11.9. The molecule has 2 aromatic rings. The summed E-state index contributed by atoms with van der Waals surface area (Å²) in [7, 11) is 0. The number of halogens is 1. The molecule has 2 aromatic carbocycles. The molecule has 0 aromatic heterocycles. The van der Waals surface area contributed by atoms with E-state index in [0.717, 1.165) is 21.4 Å². The third-order valence-electron chi connectivity index (χ3n) is 2.90. The Kier molecular flexibility index (Phi) is 3.70. The van der Waals surface area contributed by atoms with Crippen LogP contribution >= 0.6 is 15.9 Å². The summed E-state index contributed by atoms with van der Waals surface area (Å²) in [4.78, 5) is 12.3. The van der Waals surface area contributed by atoms with Gasteiger partial charge in [-0.3, -0.25) is 0 Å². The van der Waals surface area contributed by atoms with Crippen LogP contribution in [0.1, 0.15) is 15.9 Å². The van der Waals surface area contributed by atoms with Crippen molar-refractivity contribution in [1.82, 2.24) is 0 Å². The summed E-state index contributed by atoms with van der Waals surface area (Å²) in [6.07, 6.45) is 0. The molecule has 6 heteroatoms. The molecule has 0 saturated carbocycles. The summed E-state index contributed by atoms with van der Waals surface area (Å²) in [5.74, 6) is -0.153. The number of carbonyl (C=O) groups excluding carboxylic acids is 1. The average molecular weight is 395 g/mol. The second-order valence-electron chi connectivity index (χ2n) is 4.37. The minimum absolute atomic E-state index is 0.104. The third-order valence-corrected chi connectivity index (χ3v) is 4.70. The predicted molar refractivity (Wildman–Crippen MR) is 83.2 cm³/mol. The standard InChI is InChI=1S/C14H10BrN3OSe/c1-8-5-6-9(10(15)7-8)14(19)16-11-3-2-4-12-13(11)18-20-17-12/h2-7H,1H3,(H,16,19). The fraction of sp³-hybridized carbons (Fsp3) is 0.0714. The van der Waals surface area contributed by atoms with Gasteiger partial charge in [-0.25, -0.2) is 0 Å². The molecule has 0 bridgehead atoms. The van der Waals surface area contributed by atoms with Crippen LogP contribution in [-0.4, -0.2) is 20.5 Å². The zero-order valence-corrected chi connectivity index (χ0v) is 13.9. The third kappa shape index (κ3) is 2.54. The predicted octanol–water partition coefficient (Wildman–Crippen LogP) is 4.36.